The van der Waals surface area contributed by atoms with Gasteiger partial charge < -0.3 is 4.90 Å². The van der Waals surface area contributed by atoms with Crippen LogP contribution in [0.15, 0.2) is 18.2 Å². The summed E-state index contributed by atoms with van der Waals surface area (Å²) in [5, 5.41) is 0. The third-order valence-electron chi connectivity index (χ3n) is 2.03. The number of amides is 1. The standard InChI is InChI=1S/C11H15NO.C2H6/c1-8-5-6-9(2)10(7-8)11(13)12(3)4;1-2/h5-7H,1-4H3;1-2H3. The molecule has 0 radical (unpaired) electrons. The maximum Gasteiger partial charge on any atom is 0.253 e. The van der Waals surface area contributed by atoms with Crippen molar-refractivity contribution in [1.29, 1.82) is 0 Å². The Morgan fingerprint density at radius 2 is 1.67 bits per heavy atom. The molecule has 0 aliphatic heterocycles. The zero-order valence-electron chi connectivity index (χ0n) is 10.6. The first-order valence-corrected chi connectivity index (χ1v) is 5.31. The van der Waals surface area contributed by atoms with Gasteiger partial charge in [-0.15, -0.1) is 0 Å². The Morgan fingerprint density at radius 1 is 1.13 bits per heavy atom. The lowest BCUT2D eigenvalue weighted by atomic mass is 10.0. The number of carbonyl (C=O) groups excluding carboxylic acids is 1. The zero-order chi connectivity index (χ0) is 12.0. The average molecular weight is 207 g/mol. The Morgan fingerprint density at radius 3 is 2.13 bits per heavy atom. The van der Waals surface area contributed by atoms with Crippen LogP contribution in [0.2, 0.25) is 0 Å². The molecule has 0 saturated heterocycles. The van der Waals surface area contributed by atoms with E-state index in [1.54, 1.807) is 19.0 Å². The molecule has 0 N–H and O–H groups in total. The maximum absolute atomic E-state index is 11.6. The van der Waals surface area contributed by atoms with Gasteiger partial charge in [-0.2, -0.15) is 0 Å². The number of benzene rings is 1. The minimum absolute atomic E-state index is 0.0706. The first-order chi connectivity index (χ1) is 7.02. The van der Waals surface area contributed by atoms with Crippen LogP contribution in [-0.4, -0.2) is 24.9 Å². The topological polar surface area (TPSA) is 20.3 Å². The smallest absolute Gasteiger partial charge is 0.253 e. The molecule has 0 heterocycles. The van der Waals surface area contributed by atoms with E-state index in [9.17, 15) is 4.79 Å². The Bertz CT molecular complexity index is 329. The molecular weight excluding hydrogens is 186 g/mol. The van der Waals surface area contributed by atoms with Gasteiger partial charge in [0.25, 0.3) is 5.91 Å². The fourth-order valence-electron chi connectivity index (χ4n) is 1.21. The lowest BCUT2D eigenvalue weighted by Crippen LogP contribution is -2.22. The summed E-state index contributed by atoms with van der Waals surface area (Å²) in [5.74, 6) is 0.0706. The average Bonchev–Trinajstić information content (AvgIpc) is 2.23. The lowest BCUT2D eigenvalue weighted by molar-refractivity contribution is 0.0827. The van der Waals surface area contributed by atoms with Crippen LogP contribution < -0.4 is 0 Å². The molecule has 2 heteroatoms. The summed E-state index contributed by atoms with van der Waals surface area (Å²) in [7, 11) is 3.54. The Labute approximate surface area is 92.9 Å². The van der Waals surface area contributed by atoms with E-state index in [4.69, 9.17) is 0 Å². The van der Waals surface area contributed by atoms with Gasteiger partial charge in [-0.25, -0.2) is 0 Å². The second kappa shape index (κ2) is 6.23. The van der Waals surface area contributed by atoms with Crippen LogP contribution in [0.25, 0.3) is 0 Å². The van der Waals surface area contributed by atoms with Gasteiger partial charge in [-0.1, -0.05) is 31.5 Å². The van der Waals surface area contributed by atoms with Crippen molar-refractivity contribution in [2.75, 3.05) is 14.1 Å². The van der Waals surface area contributed by atoms with Gasteiger partial charge in [-0.05, 0) is 25.5 Å². The first-order valence-electron chi connectivity index (χ1n) is 5.31. The molecule has 15 heavy (non-hydrogen) atoms. The van der Waals surface area contributed by atoms with Crippen LogP contribution in [0, 0.1) is 13.8 Å². The highest BCUT2D eigenvalue weighted by Gasteiger charge is 2.10. The molecule has 1 aromatic rings. The predicted molar refractivity (Wildman–Crippen MR) is 65.3 cm³/mol. The molecule has 0 spiro atoms. The number of rotatable bonds is 1. The normalized spacial score (nSPS) is 8.93. The van der Waals surface area contributed by atoms with Crippen molar-refractivity contribution in [3.8, 4) is 0 Å². The number of aryl methyl sites for hydroxylation is 2. The second-order valence-electron chi connectivity index (χ2n) is 3.52. The summed E-state index contributed by atoms with van der Waals surface area (Å²) in [6, 6.07) is 5.92. The van der Waals surface area contributed by atoms with E-state index in [1.165, 1.54) is 0 Å². The van der Waals surface area contributed by atoms with Crippen LogP contribution in [0.1, 0.15) is 35.3 Å². The quantitative estimate of drug-likeness (QED) is 0.693. The van der Waals surface area contributed by atoms with Gasteiger partial charge in [0.1, 0.15) is 0 Å². The van der Waals surface area contributed by atoms with Crippen molar-refractivity contribution in [3.05, 3.63) is 34.9 Å². The highest BCUT2D eigenvalue weighted by molar-refractivity contribution is 5.95. The summed E-state index contributed by atoms with van der Waals surface area (Å²) < 4.78 is 0. The van der Waals surface area contributed by atoms with Crippen molar-refractivity contribution >= 4 is 5.91 Å². The summed E-state index contributed by atoms with van der Waals surface area (Å²) in [4.78, 5) is 13.2. The summed E-state index contributed by atoms with van der Waals surface area (Å²) in [5.41, 5.74) is 2.95. The van der Waals surface area contributed by atoms with Gasteiger partial charge >= 0.3 is 0 Å². The van der Waals surface area contributed by atoms with Crippen molar-refractivity contribution in [2.45, 2.75) is 27.7 Å². The molecule has 1 amide bonds. The third kappa shape index (κ3) is 3.74. The summed E-state index contributed by atoms with van der Waals surface area (Å²) in [6.07, 6.45) is 0. The maximum atomic E-state index is 11.6. The van der Waals surface area contributed by atoms with Crippen molar-refractivity contribution in [2.24, 2.45) is 0 Å². The SMILES string of the molecule is CC.Cc1ccc(C)c(C(=O)N(C)C)c1. The molecule has 1 aromatic carbocycles. The van der Waals surface area contributed by atoms with Crippen LogP contribution >= 0.6 is 0 Å². The van der Waals surface area contributed by atoms with E-state index in [1.807, 2.05) is 45.9 Å². The summed E-state index contributed by atoms with van der Waals surface area (Å²) in [6.45, 7) is 7.95. The van der Waals surface area contributed by atoms with Gasteiger partial charge in [-0.3, -0.25) is 4.79 Å². The fraction of sp³-hybridized carbons (Fsp3) is 0.462. The number of nitrogens with zero attached hydrogens (tertiary/aromatic N) is 1. The highest BCUT2D eigenvalue weighted by Crippen LogP contribution is 2.11. The van der Waals surface area contributed by atoms with E-state index >= 15 is 0 Å². The summed E-state index contributed by atoms with van der Waals surface area (Å²) >= 11 is 0. The third-order valence-corrected chi connectivity index (χ3v) is 2.03. The number of hydrogen-bond donors (Lipinski definition) is 0. The molecule has 0 saturated carbocycles. The Balaban J connectivity index is 0.000000921. The minimum atomic E-state index is 0.0706. The van der Waals surface area contributed by atoms with Gasteiger partial charge in [0.2, 0.25) is 0 Å². The highest BCUT2D eigenvalue weighted by atomic mass is 16.2. The van der Waals surface area contributed by atoms with Gasteiger partial charge in [0.05, 0.1) is 0 Å². The van der Waals surface area contributed by atoms with Crippen molar-refractivity contribution in [1.82, 2.24) is 4.90 Å². The van der Waals surface area contributed by atoms with E-state index in [2.05, 4.69) is 0 Å². The number of hydrogen-bond acceptors (Lipinski definition) is 1. The molecule has 1 rings (SSSR count). The second-order valence-corrected chi connectivity index (χ2v) is 3.52. The van der Waals surface area contributed by atoms with E-state index < -0.39 is 0 Å². The molecule has 0 aliphatic rings. The zero-order valence-corrected chi connectivity index (χ0v) is 10.6. The largest absolute Gasteiger partial charge is 0.345 e. The van der Waals surface area contributed by atoms with Crippen LogP contribution in [0.3, 0.4) is 0 Å². The predicted octanol–water partition coefficient (Wildman–Crippen LogP) is 3.03. The Hall–Kier alpha value is -1.31. The van der Waals surface area contributed by atoms with Crippen LogP contribution in [-0.2, 0) is 0 Å². The van der Waals surface area contributed by atoms with Crippen molar-refractivity contribution in [3.63, 3.8) is 0 Å². The molecule has 0 fully saturated rings. The monoisotopic (exact) mass is 207 g/mol. The molecule has 0 bridgehead atoms. The van der Waals surface area contributed by atoms with Gasteiger partial charge in [0, 0.05) is 19.7 Å². The molecule has 0 unspecified atom stereocenters. The molecular formula is C13H21NO. The van der Waals surface area contributed by atoms with E-state index in [0.717, 1.165) is 16.7 Å². The lowest BCUT2D eigenvalue weighted by Gasteiger charge is -2.12. The molecule has 0 atom stereocenters. The molecule has 2 nitrogen and oxygen atoms in total. The van der Waals surface area contributed by atoms with E-state index in [0.29, 0.717) is 0 Å². The Kier molecular flexibility index (Phi) is 5.68. The van der Waals surface area contributed by atoms with Crippen molar-refractivity contribution < 1.29 is 4.79 Å². The van der Waals surface area contributed by atoms with Crippen LogP contribution in [0.5, 0.6) is 0 Å². The first kappa shape index (κ1) is 13.7. The van der Waals surface area contributed by atoms with E-state index in [-0.39, 0.29) is 5.91 Å². The van der Waals surface area contributed by atoms with Gasteiger partial charge in [0.15, 0.2) is 0 Å². The number of carbonyl (C=O) groups is 1. The minimum Gasteiger partial charge on any atom is -0.345 e. The molecule has 0 aromatic heterocycles. The molecule has 0 aliphatic carbocycles. The fourth-order valence-corrected chi connectivity index (χ4v) is 1.21. The van der Waals surface area contributed by atoms with Crippen LogP contribution in [0.4, 0.5) is 0 Å². The molecule has 84 valence electrons.